The quantitative estimate of drug-likeness (QED) is 0.266. The minimum absolute atomic E-state index is 0.361. The van der Waals surface area contributed by atoms with Crippen molar-refractivity contribution in [1.82, 2.24) is 0 Å². The third-order valence-electron chi connectivity index (χ3n) is 3.01. The SMILES string of the molecule is CCCCCCCCCCCCCOOOOC(=O)O. The Morgan fingerprint density at radius 1 is 0.800 bits per heavy atom. The van der Waals surface area contributed by atoms with Gasteiger partial charge in [0.25, 0.3) is 0 Å². The fourth-order valence-corrected chi connectivity index (χ4v) is 1.92. The molecule has 0 heterocycles. The van der Waals surface area contributed by atoms with Crippen molar-refractivity contribution in [2.45, 2.75) is 77.6 Å². The van der Waals surface area contributed by atoms with Gasteiger partial charge < -0.3 is 5.11 Å². The van der Waals surface area contributed by atoms with Crippen LogP contribution in [0.25, 0.3) is 0 Å². The summed E-state index contributed by atoms with van der Waals surface area (Å²) in [5, 5.41) is 15.8. The molecule has 0 aromatic carbocycles. The molecule has 0 fully saturated rings. The molecule has 6 heteroatoms. The molecule has 0 radical (unpaired) electrons. The highest BCUT2D eigenvalue weighted by Gasteiger charge is 1.98. The van der Waals surface area contributed by atoms with Crippen LogP contribution in [0.4, 0.5) is 4.79 Å². The topological polar surface area (TPSA) is 74.2 Å². The van der Waals surface area contributed by atoms with Crippen molar-refractivity contribution in [3.8, 4) is 0 Å². The number of rotatable bonds is 15. The molecule has 0 amide bonds. The van der Waals surface area contributed by atoms with Crippen LogP contribution in [0.2, 0.25) is 0 Å². The summed E-state index contributed by atoms with van der Waals surface area (Å²) in [4.78, 5) is 18.0. The Balaban J connectivity index is 2.94. The summed E-state index contributed by atoms with van der Waals surface area (Å²) in [5.74, 6) is 0. The summed E-state index contributed by atoms with van der Waals surface area (Å²) in [7, 11) is 0. The molecule has 0 rings (SSSR count). The summed E-state index contributed by atoms with van der Waals surface area (Å²) in [6.45, 7) is 2.60. The molecule has 0 aliphatic rings. The highest BCUT2D eigenvalue weighted by atomic mass is 17.7. The third kappa shape index (κ3) is 17.2. The minimum atomic E-state index is -1.58. The Labute approximate surface area is 121 Å². The van der Waals surface area contributed by atoms with E-state index in [9.17, 15) is 4.79 Å². The Bertz CT molecular complexity index is 210. The van der Waals surface area contributed by atoms with E-state index in [1.807, 2.05) is 0 Å². The van der Waals surface area contributed by atoms with Crippen LogP contribution in [0, 0.1) is 0 Å². The van der Waals surface area contributed by atoms with E-state index >= 15 is 0 Å². The van der Waals surface area contributed by atoms with Crippen LogP contribution in [0.15, 0.2) is 0 Å². The number of carbonyl (C=O) groups is 1. The van der Waals surface area contributed by atoms with Crippen molar-refractivity contribution in [3.05, 3.63) is 0 Å². The van der Waals surface area contributed by atoms with Gasteiger partial charge in [-0.2, -0.15) is 0 Å². The van der Waals surface area contributed by atoms with Crippen LogP contribution in [0.5, 0.6) is 0 Å². The van der Waals surface area contributed by atoms with Gasteiger partial charge in [0.15, 0.2) is 0 Å². The number of unbranched alkanes of at least 4 members (excludes halogenated alkanes) is 10. The molecule has 0 aliphatic carbocycles. The van der Waals surface area contributed by atoms with Crippen molar-refractivity contribution >= 4 is 6.16 Å². The van der Waals surface area contributed by atoms with E-state index in [-0.39, 0.29) is 0 Å². The number of hydrogen-bond donors (Lipinski definition) is 1. The Hall–Kier alpha value is -0.850. The maximum atomic E-state index is 9.85. The second-order valence-electron chi connectivity index (χ2n) is 4.84. The van der Waals surface area contributed by atoms with E-state index in [1.165, 1.54) is 57.8 Å². The van der Waals surface area contributed by atoms with Gasteiger partial charge in [-0.05, 0) is 11.5 Å². The maximum absolute atomic E-state index is 9.85. The zero-order chi connectivity index (χ0) is 14.9. The molecule has 0 spiro atoms. The van der Waals surface area contributed by atoms with E-state index in [2.05, 4.69) is 26.8 Å². The molecule has 1 N–H and O–H groups in total. The van der Waals surface area contributed by atoms with Crippen LogP contribution in [-0.4, -0.2) is 17.9 Å². The smallest absolute Gasteiger partial charge is 0.448 e. The van der Waals surface area contributed by atoms with Gasteiger partial charge in [0.2, 0.25) is 0 Å². The van der Waals surface area contributed by atoms with Gasteiger partial charge in [-0.1, -0.05) is 71.1 Å². The van der Waals surface area contributed by atoms with Crippen LogP contribution in [0.1, 0.15) is 77.6 Å². The first-order valence-electron chi connectivity index (χ1n) is 7.63. The molecule has 0 bridgehead atoms. The number of carboxylic acid groups (broad SMARTS) is 1. The first-order valence-corrected chi connectivity index (χ1v) is 7.63. The summed E-state index contributed by atoms with van der Waals surface area (Å²) in [6, 6.07) is 0. The van der Waals surface area contributed by atoms with Crippen molar-refractivity contribution in [3.63, 3.8) is 0 Å². The fraction of sp³-hybridized carbons (Fsp3) is 0.929. The molecule has 0 atom stereocenters. The Morgan fingerprint density at radius 2 is 1.30 bits per heavy atom. The lowest BCUT2D eigenvalue weighted by atomic mass is 10.1. The van der Waals surface area contributed by atoms with Crippen molar-refractivity contribution < 1.29 is 29.8 Å². The Kier molecular flexibility index (Phi) is 15.5. The molecule has 0 aromatic heterocycles. The van der Waals surface area contributed by atoms with Crippen molar-refractivity contribution in [2.24, 2.45) is 0 Å². The van der Waals surface area contributed by atoms with Gasteiger partial charge >= 0.3 is 6.16 Å². The second-order valence-corrected chi connectivity index (χ2v) is 4.84. The molecular formula is C14H28O6. The van der Waals surface area contributed by atoms with E-state index in [4.69, 9.17) is 5.11 Å². The van der Waals surface area contributed by atoms with E-state index in [0.29, 0.717) is 6.61 Å². The molecule has 0 aromatic rings. The number of hydrogen-bond acceptors (Lipinski definition) is 5. The lowest BCUT2D eigenvalue weighted by Crippen LogP contribution is -2.04. The fourth-order valence-electron chi connectivity index (χ4n) is 1.92. The van der Waals surface area contributed by atoms with Crippen LogP contribution in [-0.2, 0) is 19.9 Å². The second kappa shape index (κ2) is 16.2. The monoisotopic (exact) mass is 292 g/mol. The van der Waals surface area contributed by atoms with Crippen molar-refractivity contribution in [1.29, 1.82) is 0 Å². The van der Waals surface area contributed by atoms with Crippen LogP contribution in [0.3, 0.4) is 0 Å². The van der Waals surface area contributed by atoms with E-state index in [0.717, 1.165) is 12.8 Å². The van der Waals surface area contributed by atoms with Gasteiger partial charge in [-0.3, -0.25) is 0 Å². The highest BCUT2D eigenvalue weighted by molar-refractivity contribution is 5.55. The lowest BCUT2D eigenvalue weighted by molar-refractivity contribution is -0.618. The molecule has 0 saturated heterocycles. The standard InChI is InChI=1S/C14H28O6/c1-2-3-4-5-6-7-8-9-10-11-12-13-17-19-20-18-14(15)16/h2-13H2,1H3,(H,15,16). The third-order valence-corrected chi connectivity index (χ3v) is 3.01. The van der Waals surface area contributed by atoms with Crippen LogP contribution < -0.4 is 0 Å². The van der Waals surface area contributed by atoms with Gasteiger partial charge in [-0.25, -0.2) is 14.6 Å². The van der Waals surface area contributed by atoms with Crippen molar-refractivity contribution in [2.75, 3.05) is 6.61 Å². The lowest BCUT2D eigenvalue weighted by Gasteiger charge is -2.02. The predicted octanol–water partition coefficient (Wildman–Crippen LogP) is 4.79. The molecular weight excluding hydrogens is 264 g/mol. The van der Waals surface area contributed by atoms with Gasteiger partial charge in [-0.15, -0.1) is 0 Å². The predicted molar refractivity (Wildman–Crippen MR) is 73.7 cm³/mol. The molecule has 0 aliphatic heterocycles. The average Bonchev–Trinajstić information content (AvgIpc) is 2.43. The first-order chi connectivity index (χ1) is 9.77. The summed E-state index contributed by atoms with van der Waals surface area (Å²) in [5.41, 5.74) is 0. The molecule has 0 unspecified atom stereocenters. The molecule has 20 heavy (non-hydrogen) atoms. The van der Waals surface area contributed by atoms with Gasteiger partial charge in [0.1, 0.15) is 0 Å². The largest absolute Gasteiger partial charge is 0.540 e. The zero-order valence-corrected chi connectivity index (χ0v) is 12.5. The van der Waals surface area contributed by atoms with E-state index < -0.39 is 6.16 Å². The maximum Gasteiger partial charge on any atom is 0.540 e. The summed E-state index contributed by atoms with van der Waals surface area (Å²) < 4.78 is 0. The first kappa shape index (κ1) is 19.1. The van der Waals surface area contributed by atoms with Gasteiger partial charge in [0, 0.05) is 5.04 Å². The Morgan fingerprint density at radius 3 is 1.80 bits per heavy atom. The van der Waals surface area contributed by atoms with E-state index in [1.54, 1.807) is 0 Å². The summed E-state index contributed by atoms with van der Waals surface area (Å²) in [6.07, 6.45) is 12.2. The molecule has 0 saturated carbocycles. The zero-order valence-electron chi connectivity index (χ0n) is 12.5. The molecule has 6 nitrogen and oxygen atoms in total. The molecule has 120 valence electrons. The normalized spacial score (nSPS) is 10.7. The minimum Gasteiger partial charge on any atom is -0.448 e. The average molecular weight is 292 g/mol. The van der Waals surface area contributed by atoms with Gasteiger partial charge in [0.05, 0.1) is 6.61 Å². The highest BCUT2D eigenvalue weighted by Crippen LogP contribution is 2.11. The van der Waals surface area contributed by atoms with Crippen LogP contribution >= 0.6 is 0 Å². The summed E-state index contributed by atoms with van der Waals surface area (Å²) >= 11 is 0.